The number of imide groups is 1. The number of anilines is 1. The summed E-state index contributed by atoms with van der Waals surface area (Å²) in [4.78, 5) is 41.5. The number of hydrogen-bond acceptors (Lipinski definition) is 4. The van der Waals surface area contributed by atoms with E-state index < -0.39 is 17.5 Å². The second kappa shape index (κ2) is 7.17. The lowest BCUT2D eigenvalue weighted by Gasteiger charge is -2.22. The van der Waals surface area contributed by atoms with E-state index in [0.29, 0.717) is 18.0 Å². The number of nitrogens with zero attached hydrogens (tertiary/aromatic N) is 2. The molecule has 0 aliphatic carbocycles. The molecule has 1 aliphatic heterocycles. The molecule has 1 aliphatic rings. The van der Waals surface area contributed by atoms with Crippen LogP contribution in [0.3, 0.4) is 0 Å². The van der Waals surface area contributed by atoms with E-state index in [1.807, 2.05) is 13.8 Å². The number of rotatable bonds is 6. The number of carbonyl (C=O) groups is 3. The molecule has 2 N–H and O–H groups in total. The number of aromatic nitrogens is 1. The highest BCUT2D eigenvalue weighted by Gasteiger charge is 2.47. The summed E-state index contributed by atoms with van der Waals surface area (Å²) >= 11 is 5.87. The minimum absolute atomic E-state index is 0.143. The summed E-state index contributed by atoms with van der Waals surface area (Å²) in [6, 6.07) is 2.66. The van der Waals surface area contributed by atoms with Crippen LogP contribution in [0.15, 0.2) is 18.3 Å². The van der Waals surface area contributed by atoms with Gasteiger partial charge in [-0.1, -0.05) is 25.4 Å². The maximum Gasteiger partial charge on any atom is 0.325 e. The molecule has 4 amide bonds. The Morgan fingerprint density at radius 1 is 1.46 bits per heavy atom. The molecule has 7 nitrogen and oxygen atoms in total. The highest BCUT2D eigenvalue weighted by atomic mass is 35.5. The molecular formula is C16H21ClN4O3. The maximum atomic E-state index is 12.5. The van der Waals surface area contributed by atoms with Crippen LogP contribution >= 0.6 is 11.6 Å². The van der Waals surface area contributed by atoms with E-state index in [0.717, 1.165) is 11.3 Å². The minimum Gasteiger partial charge on any atom is -0.323 e. The molecule has 1 atom stereocenters. The highest BCUT2D eigenvalue weighted by molar-refractivity contribution is 6.32. The molecule has 1 unspecified atom stereocenters. The van der Waals surface area contributed by atoms with Gasteiger partial charge in [-0.3, -0.25) is 14.5 Å². The Hall–Kier alpha value is -2.15. The monoisotopic (exact) mass is 352 g/mol. The standard InChI is InChI=1S/C16H21ClN4O3/c1-10(2)6-7-16(3)14(23)21(15(24)20-16)9-12(22)19-11-5-4-8-18-13(11)17/h4-5,8,10H,6-7,9H2,1-3H3,(H,19,22)(H,20,24). The lowest BCUT2D eigenvalue weighted by molar-refractivity contribution is -0.133. The Morgan fingerprint density at radius 2 is 2.17 bits per heavy atom. The predicted molar refractivity (Wildman–Crippen MR) is 90.6 cm³/mol. The van der Waals surface area contributed by atoms with Gasteiger partial charge in [0, 0.05) is 6.20 Å². The first-order valence-corrected chi connectivity index (χ1v) is 8.15. The van der Waals surface area contributed by atoms with Crippen LogP contribution in [0.2, 0.25) is 5.15 Å². The van der Waals surface area contributed by atoms with Crippen LogP contribution in [0.4, 0.5) is 10.5 Å². The van der Waals surface area contributed by atoms with Crippen molar-refractivity contribution in [1.29, 1.82) is 0 Å². The largest absolute Gasteiger partial charge is 0.325 e. The topological polar surface area (TPSA) is 91.4 Å². The van der Waals surface area contributed by atoms with Crippen LogP contribution < -0.4 is 10.6 Å². The lowest BCUT2D eigenvalue weighted by Crippen LogP contribution is -2.44. The average Bonchev–Trinajstić information content (AvgIpc) is 2.72. The molecule has 0 spiro atoms. The Balaban J connectivity index is 2.02. The summed E-state index contributed by atoms with van der Waals surface area (Å²) in [5.41, 5.74) is -0.632. The molecule has 1 aromatic heterocycles. The number of amides is 4. The van der Waals surface area contributed by atoms with Crippen molar-refractivity contribution in [2.24, 2.45) is 5.92 Å². The fourth-order valence-electron chi connectivity index (χ4n) is 2.45. The van der Waals surface area contributed by atoms with Crippen LogP contribution in [0.1, 0.15) is 33.6 Å². The molecule has 0 aromatic carbocycles. The van der Waals surface area contributed by atoms with Gasteiger partial charge in [0.2, 0.25) is 5.91 Å². The zero-order valence-corrected chi connectivity index (χ0v) is 14.7. The van der Waals surface area contributed by atoms with Gasteiger partial charge >= 0.3 is 6.03 Å². The quantitative estimate of drug-likeness (QED) is 0.607. The third kappa shape index (κ3) is 4.03. The summed E-state index contributed by atoms with van der Waals surface area (Å²) in [5.74, 6) is -0.487. The summed E-state index contributed by atoms with van der Waals surface area (Å²) in [7, 11) is 0. The number of hydrogen-bond donors (Lipinski definition) is 2. The molecular weight excluding hydrogens is 332 g/mol. The summed E-state index contributed by atoms with van der Waals surface area (Å²) in [6.45, 7) is 5.42. The van der Waals surface area contributed by atoms with Gasteiger partial charge in [0.25, 0.3) is 5.91 Å². The van der Waals surface area contributed by atoms with Crippen LogP contribution in [-0.4, -0.2) is 39.8 Å². The molecule has 2 rings (SSSR count). The number of carbonyl (C=O) groups excluding carboxylic acids is 3. The summed E-state index contributed by atoms with van der Waals surface area (Å²) in [5, 5.41) is 5.38. The van der Waals surface area contributed by atoms with Gasteiger partial charge < -0.3 is 10.6 Å². The van der Waals surface area contributed by atoms with E-state index in [-0.39, 0.29) is 17.6 Å². The van der Waals surface area contributed by atoms with Crippen molar-refractivity contribution in [3.63, 3.8) is 0 Å². The van der Waals surface area contributed by atoms with Crippen LogP contribution in [0.25, 0.3) is 0 Å². The van der Waals surface area contributed by atoms with E-state index in [2.05, 4.69) is 15.6 Å². The van der Waals surface area contributed by atoms with Gasteiger partial charge in [-0.15, -0.1) is 0 Å². The zero-order valence-electron chi connectivity index (χ0n) is 13.9. The van der Waals surface area contributed by atoms with Crippen LogP contribution in [0.5, 0.6) is 0 Å². The van der Waals surface area contributed by atoms with Gasteiger partial charge in [0.15, 0.2) is 5.15 Å². The number of urea groups is 1. The van der Waals surface area contributed by atoms with Gasteiger partial charge in [-0.05, 0) is 37.8 Å². The van der Waals surface area contributed by atoms with Crippen molar-refractivity contribution in [1.82, 2.24) is 15.2 Å². The third-order valence-electron chi connectivity index (χ3n) is 3.90. The van der Waals surface area contributed by atoms with Gasteiger partial charge in [-0.2, -0.15) is 0 Å². The zero-order chi connectivity index (χ0) is 17.9. The average molecular weight is 353 g/mol. The fraction of sp³-hybridized carbons (Fsp3) is 0.500. The molecule has 130 valence electrons. The second-order valence-electron chi connectivity index (χ2n) is 6.48. The van der Waals surface area contributed by atoms with Crippen LogP contribution in [0, 0.1) is 5.92 Å². The third-order valence-corrected chi connectivity index (χ3v) is 4.20. The van der Waals surface area contributed by atoms with Crippen molar-refractivity contribution in [2.45, 2.75) is 39.2 Å². The first kappa shape index (κ1) is 18.2. The van der Waals surface area contributed by atoms with Gasteiger partial charge in [0.1, 0.15) is 12.1 Å². The molecule has 0 radical (unpaired) electrons. The highest BCUT2D eigenvalue weighted by Crippen LogP contribution is 2.25. The molecule has 0 saturated carbocycles. The number of nitrogens with one attached hydrogen (secondary N) is 2. The molecule has 8 heteroatoms. The molecule has 2 heterocycles. The second-order valence-corrected chi connectivity index (χ2v) is 6.83. The molecule has 1 aromatic rings. The number of halogens is 1. The summed E-state index contributed by atoms with van der Waals surface area (Å²) < 4.78 is 0. The first-order chi connectivity index (χ1) is 11.2. The van der Waals surface area contributed by atoms with Crippen molar-refractivity contribution < 1.29 is 14.4 Å². The molecule has 24 heavy (non-hydrogen) atoms. The first-order valence-electron chi connectivity index (χ1n) is 7.77. The van der Waals surface area contributed by atoms with Gasteiger partial charge in [0.05, 0.1) is 5.69 Å². The fourth-order valence-corrected chi connectivity index (χ4v) is 2.62. The van der Waals surface area contributed by atoms with Gasteiger partial charge in [-0.25, -0.2) is 9.78 Å². The summed E-state index contributed by atoms with van der Waals surface area (Å²) in [6.07, 6.45) is 2.82. The molecule has 1 saturated heterocycles. The van der Waals surface area contributed by atoms with E-state index in [1.165, 1.54) is 6.20 Å². The Morgan fingerprint density at radius 3 is 2.79 bits per heavy atom. The Labute approximate surface area is 145 Å². The van der Waals surface area contributed by atoms with Crippen LogP contribution in [-0.2, 0) is 9.59 Å². The minimum atomic E-state index is -0.965. The SMILES string of the molecule is CC(C)CCC1(C)NC(=O)N(CC(=O)Nc2cccnc2Cl)C1=O. The van der Waals surface area contributed by atoms with Crippen molar-refractivity contribution in [3.05, 3.63) is 23.5 Å². The van der Waals surface area contributed by atoms with E-state index >= 15 is 0 Å². The predicted octanol–water partition coefficient (Wildman–Crippen LogP) is 2.42. The molecule has 0 bridgehead atoms. The molecule has 1 fully saturated rings. The van der Waals surface area contributed by atoms with E-state index in [4.69, 9.17) is 11.6 Å². The van der Waals surface area contributed by atoms with Crippen molar-refractivity contribution in [2.75, 3.05) is 11.9 Å². The Kier molecular flexibility index (Phi) is 5.43. The van der Waals surface area contributed by atoms with E-state index in [1.54, 1.807) is 19.1 Å². The van der Waals surface area contributed by atoms with E-state index in [9.17, 15) is 14.4 Å². The Bertz CT molecular complexity index is 664. The smallest absolute Gasteiger partial charge is 0.323 e. The normalized spacial score (nSPS) is 20.5. The number of pyridine rings is 1. The lowest BCUT2D eigenvalue weighted by atomic mass is 9.92. The maximum absolute atomic E-state index is 12.5. The van der Waals surface area contributed by atoms with Crippen molar-refractivity contribution in [3.8, 4) is 0 Å². The van der Waals surface area contributed by atoms with Crippen molar-refractivity contribution >= 4 is 35.1 Å².